The Balaban J connectivity index is 2.33. The highest BCUT2D eigenvalue weighted by molar-refractivity contribution is 5.70. The molecule has 6 nitrogen and oxygen atoms in total. The molecule has 2 aromatic heterocycles. The fraction of sp³-hybridized carbons (Fsp3) is 0.250. The van der Waals surface area contributed by atoms with Crippen molar-refractivity contribution in [3.8, 4) is 0 Å². The summed E-state index contributed by atoms with van der Waals surface area (Å²) in [6.45, 7) is 5.70. The second kappa shape index (κ2) is 4.48. The second-order valence-corrected chi connectivity index (χ2v) is 4.08. The van der Waals surface area contributed by atoms with Crippen LogP contribution in [0.4, 0.5) is 5.95 Å². The highest BCUT2D eigenvalue weighted by Crippen LogP contribution is 2.13. The fourth-order valence-electron chi connectivity index (χ4n) is 1.67. The van der Waals surface area contributed by atoms with Gasteiger partial charge in [-0.2, -0.15) is 10.1 Å². The van der Waals surface area contributed by atoms with Crippen LogP contribution in [0.2, 0.25) is 0 Å². The third-order valence-electron chi connectivity index (χ3n) is 2.78. The van der Waals surface area contributed by atoms with Gasteiger partial charge in [-0.25, -0.2) is 4.68 Å². The first-order valence-electron chi connectivity index (χ1n) is 5.47. The Labute approximate surface area is 105 Å². The zero-order valence-corrected chi connectivity index (χ0v) is 10.6. The summed E-state index contributed by atoms with van der Waals surface area (Å²) in [5.74, 6) is 0.577. The van der Waals surface area contributed by atoms with Gasteiger partial charge in [-0.3, -0.25) is 4.79 Å². The highest BCUT2D eigenvalue weighted by Gasteiger charge is 2.08. The van der Waals surface area contributed by atoms with Gasteiger partial charge in [0.2, 0.25) is 5.95 Å². The topological polar surface area (TPSA) is 64.7 Å². The first-order valence-corrected chi connectivity index (χ1v) is 5.47. The van der Waals surface area contributed by atoms with Crippen LogP contribution in [-0.4, -0.2) is 19.3 Å². The van der Waals surface area contributed by atoms with Crippen LogP contribution in [0.5, 0.6) is 0 Å². The van der Waals surface area contributed by atoms with Gasteiger partial charge in [0, 0.05) is 19.7 Å². The van der Waals surface area contributed by atoms with E-state index in [2.05, 4.69) is 22.0 Å². The first kappa shape index (κ1) is 12.1. The third-order valence-corrected chi connectivity index (χ3v) is 2.78. The molecule has 0 aliphatic heterocycles. The number of nitrogens with zero attached hydrogens (tertiary/aromatic N) is 4. The van der Waals surface area contributed by atoms with E-state index in [4.69, 9.17) is 0 Å². The Morgan fingerprint density at radius 2 is 2.11 bits per heavy atom. The molecule has 0 bridgehead atoms. The van der Waals surface area contributed by atoms with E-state index < -0.39 is 0 Å². The van der Waals surface area contributed by atoms with E-state index in [1.54, 1.807) is 36.3 Å². The average Bonchev–Trinajstić information content (AvgIpc) is 2.72. The zero-order valence-electron chi connectivity index (χ0n) is 10.6. The molecular weight excluding hydrogens is 230 g/mol. The summed E-state index contributed by atoms with van der Waals surface area (Å²) in [5.41, 5.74) is 1.99. The standard InChI is InChI=1S/C12H15N5O/c1-8-5-6-10(16(3)11(8)18)9(2)15-12-13-7-14-17(12)4/h5-7H,2H2,1,3-4H3,(H,13,14,15). The van der Waals surface area contributed by atoms with E-state index >= 15 is 0 Å². The van der Waals surface area contributed by atoms with Gasteiger partial charge >= 0.3 is 0 Å². The lowest BCUT2D eigenvalue weighted by Gasteiger charge is -2.12. The largest absolute Gasteiger partial charge is 0.323 e. The van der Waals surface area contributed by atoms with Crippen LogP contribution in [0.3, 0.4) is 0 Å². The Morgan fingerprint density at radius 1 is 1.39 bits per heavy atom. The lowest BCUT2D eigenvalue weighted by molar-refractivity contribution is 0.774. The van der Waals surface area contributed by atoms with Crippen molar-refractivity contribution in [1.29, 1.82) is 0 Å². The van der Waals surface area contributed by atoms with Crippen molar-refractivity contribution in [2.45, 2.75) is 6.92 Å². The molecule has 2 aromatic rings. The minimum atomic E-state index is -0.0339. The summed E-state index contributed by atoms with van der Waals surface area (Å²) in [6, 6.07) is 3.63. The monoisotopic (exact) mass is 245 g/mol. The van der Waals surface area contributed by atoms with Crippen molar-refractivity contribution < 1.29 is 0 Å². The summed E-state index contributed by atoms with van der Waals surface area (Å²) in [6.07, 6.45) is 1.45. The minimum Gasteiger partial charge on any atom is -0.323 e. The number of aryl methyl sites for hydroxylation is 2. The van der Waals surface area contributed by atoms with E-state index in [-0.39, 0.29) is 5.56 Å². The van der Waals surface area contributed by atoms with Crippen LogP contribution < -0.4 is 10.9 Å². The van der Waals surface area contributed by atoms with Gasteiger partial charge in [0.25, 0.3) is 5.56 Å². The average molecular weight is 245 g/mol. The van der Waals surface area contributed by atoms with Gasteiger partial charge in [-0.05, 0) is 13.0 Å². The summed E-state index contributed by atoms with van der Waals surface area (Å²) >= 11 is 0. The third kappa shape index (κ3) is 2.04. The van der Waals surface area contributed by atoms with E-state index in [0.717, 1.165) is 0 Å². The van der Waals surface area contributed by atoms with Crippen molar-refractivity contribution in [3.05, 3.63) is 46.7 Å². The molecule has 94 valence electrons. The molecule has 6 heteroatoms. The maximum atomic E-state index is 11.8. The van der Waals surface area contributed by atoms with Crippen molar-refractivity contribution in [2.75, 3.05) is 5.32 Å². The maximum Gasteiger partial charge on any atom is 0.253 e. The normalized spacial score (nSPS) is 10.4. The van der Waals surface area contributed by atoms with Gasteiger partial charge in [-0.1, -0.05) is 12.6 Å². The molecular formula is C12H15N5O. The zero-order chi connectivity index (χ0) is 13.3. The van der Waals surface area contributed by atoms with Crippen molar-refractivity contribution in [2.24, 2.45) is 14.1 Å². The molecule has 0 aromatic carbocycles. The first-order chi connectivity index (χ1) is 8.50. The molecule has 0 fully saturated rings. The van der Waals surface area contributed by atoms with Crippen molar-refractivity contribution in [1.82, 2.24) is 19.3 Å². The molecule has 0 radical (unpaired) electrons. The Morgan fingerprint density at radius 3 is 2.72 bits per heavy atom. The maximum absolute atomic E-state index is 11.8. The van der Waals surface area contributed by atoms with E-state index in [9.17, 15) is 4.79 Å². The van der Waals surface area contributed by atoms with Gasteiger partial charge in [-0.15, -0.1) is 0 Å². The smallest absolute Gasteiger partial charge is 0.253 e. The van der Waals surface area contributed by atoms with Crippen LogP contribution >= 0.6 is 0 Å². The van der Waals surface area contributed by atoms with Gasteiger partial charge in [0.15, 0.2) is 0 Å². The number of pyridine rings is 1. The molecule has 0 saturated carbocycles. The summed E-state index contributed by atoms with van der Waals surface area (Å²) < 4.78 is 3.15. The molecule has 0 saturated heterocycles. The quantitative estimate of drug-likeness (QED) is 0.872. The number of nitrogens with one attached hydrogen (secondary N) is 1. The minimum absolute atomic E-state index is 0.0339. The Bertz CT molecular complexity index is 653. The van der Waals surface area contributed by atoms with E-state index in [0.29, 0.717) is 22.9 Å². The van der Waals surface area contributed by atoms with Crippen LogP contribution in [-0.2, 0) is 14.1 Å². The fourth-order valence-corrected chi connectivity index (χ4v) is 1.67. The molecule has 0 amide bonds. The van der Waals surface area contributed by atoms with Gasteiger partial charge in [0.1, 0.15) is 6.33 Å². The number of anilines is 1. The Hall–Kier alpha value is -2.37. The molecule has 2 heterocycles. The number of rotatable bonds is 3. The predicted octanol–water partition coefficient (Wildman–Crippen LogP) is 0.905. The molecule has 0 spiro atoms. The summed E-state index contributed by atoms with van der Waals surface area (Å²) in [5, 5.41) is 6.98. The van der Waals surface area contributed by atoms with Crippen molar-refractivity contribution in [3.63, 3.8) is 0 Å². The molecule has 2 rings (SSSR count). The van der Waals surface area contributed by atoms with Crippen LogP contribution in [0.25, 0.3) is 5.70 Å². The lowest BCUT2D eigenvalue weighted by atomic mass is 10.2. The molecule has 0 atom stereocenters. The molecule has 1 N–H and O–H groups in total. The summed E-state index contributed by atoms with van der Waals surface area (Å²) in [7, 11) is 3.49. The molecule has 0 unspecified atom stereocenters. The van der Waals surface area contributed by atoms with Crippen LogP contribution in [0, 0.1) is 6.92 Å². The second-order valence-electron chi connectivity index (χ2n) is 4.08. The van der Waals surface area contributed by atoms with E-state index in [1.807, 2.05) is 6.07 Å². The summed E-state index contributed by atoms with van der Waals surface area (Å²) in [4.78, 5) is 15.9. The molecule has 0 aliphatic rings. The molecule has 18 heavy (non-hydrogen) atoms. The lowest BCUT2D eigenvalue weighted by Crippen LogP contribution is -2.23. The SMILES string of the molecule is C=C(Nc1ncnn1C)c1ccc(C)c(=O)n1C. The predicted molar refractivity (Wildman–Crippen MR) is 70.1 cm³/mol. The number of hydrogen-bond acceptors (Lipinski definition) is 4. The van der Waals surface area contributed by atoms with E-state index in [1.165, 1.54) is 6.33 Å². The Kier molecular flexibility index (Phi) is 3.01. The van der Waals surface area contributed by atoms with Crippen LogP contribution in [0.1, 0.15) is 11.3 Å². The van der Waals surface area contributed by atoms with Gasteiger partial charge < -0.3 is 9.88 Å². The highest BCUT2D eigenvalue weighted by atomic mass is 16.1. The van der Waals surface area contributed by atoms with Crippen molar-refractivity contribution >= 4 is 11.6 Å². The van der Waals surface area contributed by atoms with Crippen LogP contribution in [0.15, 0.2) is 29.8 Å². The number of aromatic nitrogens is 4. The number of hydrogen-bond donors (Lipinski definition) is 1. The molecule has 0 aliphatic carbocycles. The van der Waals surface area contributed by atoms with Gasteiger partial charge in [0.05, 0.1) is 11.4 Å².